The van der Waals surface area contributed by atoms with Crippen LogP contribution in [-0.2, 0) is 20.9 Å². The number of aromatic nitrogens is 1. The molecule has 6 nitrogen and oxygen atoms in total. The van der Waals surface area contributed by atoms with E-state index in [1.165, 1.54) is 18.3 Å². The number of nitrogens with zero attached hydrogens (tertiary/aromatic N) is 2. The topological polar surface area (TPSA) is 79.7 Å². The second kappa shape index (κ2) is 6.31. The number of rotatable bonds is 6. The number of carboxylic acids is 1. The summed E-state index contributed by atoms with van der Waals surface area (Å²) in [5, 5.41) is 10.8. The number of ether oxygens (including phenoxy) is 1. The van der Waals surface area contributed by atoms with Gasteiger partial charge in [-0.2, -0.15) is 0 Å². The molecule has 0 aliphatic heterocycles. The first-order valence-corrected chi connectivity index (χ1v) is 5.94. The molecule has 0 radical (unpaired) electrons. The standard InChI is InChI=1S/C10H14N2O4S/c1-3-12(7(2)13)10-11-8(6-17-10)4-16-5-9(14)15/h6H,3-5H2,1-2H3,(H,14,15). The van der Waals surface area contributed by atoms with Gasteiger partial charge in [-0.15, -0.1) is 11.3 Å². The zero-order chi connectivity index (χ0) is 12.8. The highest BCUT2D eigenvalue weighted by Crippen LogP contribution is 2.20. The normalized spacial score (nSPS) is 10.2. The number of aliphatic carboxylic acids is 1. The quantitative estimate of drug-likeness (QED) is 0.827. The van der Waals surface area contributed by atoms with E-state index in [2.05, 4.69) is 4.98 Å². The van der Waals surface area contributed by atoms with Crippen LogP contribution in [0.3, 0.4) is 0 Å². The maximum absolute atomic E-state index is 11.3. The van der Waals surface area contributed by atoms with Crippen LogP contribution in [0.2, 0.25) is 0 Å². The number of carbonyl (C=O) groups excluding carboxylic acids is 1. The fourth-order valence-corrected chi connectivity index (χ4v) is 2.14. The fraction of sp³-hybridized carbons (Fsp3) is 0.500. The van der Waals surface area contributed by atoms with Gasteiger partial charge in [0.15, 0.2) is 5.13 Å². The van der Waals surface area contributed by atoms with Crippen LogP contribution in [0.4, 0.5) is 5.13 Å². The van der Waals surface area contributed by atoms with Crippen molar-refractivity contribution in [3.63, 3.8) is 0 Å². The van der Waals surface area contributed by atoms with Crippen molar-refractivity contribution < 1.29 is 19.4 Å². The summed E-state index contributed by atoms with van der Waals surface area (Å²) in [6, 6.07) is 0. The molecule has 0 fully saturated rings. The maximum atomic E-state index is 11.3. The number of hydrogen-bond donors (Lipinski definition) is 1. The molecule has 1 rings (SSSR count). The number of anilines is 1. The molecule has 0 spiro atoms. The summed E-state index contributed by atoms with van der Waals surface area (Å²) in [4.78, 5) is 27.3. The third-order valence-corrected chi connectivity index (χ3v) is 2.85. The number of carbonyl (C=O) groups is 2. The van der Waals surface area contributed by atoms with E-state index in [0.29, 0.717) is 17.4 Å². The molecule has 0 aliphatic rings. The van der Waals surface area contributed by atoms with Crippen molar-refractivity contribution in [3.8, 4) is 0 Å². The van der Waals surface area contributed by atoms with Crippen molar-refractivity contribution in [2.45, 2.75) is 20.5 Å². The Balaban J connectivity index is 2.58. The zero-order valence-corrected chi connectivity index (χ0v) is 10.5. The molecule has 0 bridgehead atoms. The summed E-state index contributed by atoms with van der Waals surface area (Å²) in [7, 11) is 0. The van der Waals surface area contributed by atoms with Crippen molar-refractivity contribution >= 4 is 28.3 Å². The van der Waals surface area contributed by atoms with Crippen LogP contribution >= 0.6 is 11.3 Å². The first-order chi connectivity index (χ1) is 8.04. The van der Waals surface area contributed by atoms with E-state index < -0.39 is 5.97 Å². The Hall–Kier alpha value is -1.47. The minimum absolute atomic E-state index is 0.0696. The summed E-state index contributed by atoms with van der Waals surface area (Å²) in [5.41, 5.74) is 0.631. The van der Waals surface area contributed by atoms with Gasteiger partial charge in [-0.3, -0.25) is 9.69 Å². The Morgan fingerprint density at radius 2 is 2.29 bits per heavy atom. The molecule has 1 aromatic heterocycles. The molecule has 0 saturated carbocycles. The lowest BCUT2D eigenvalue weighted by Crippen LogP contribution is -2.27. The fourth-order valence-electron chi connectivity index (χ4n) is 1.22. The molecule has 0 unspecified atom stereocenters. The zero-order valence-electron chi connectivity index (χ0n) is 9.67. The van der Waals surface area contributed by atoms with Crippen LogP contribution in [0.15, 0.2) is 5.38 Å². The van der Waals surface area contributed by atoms with Gasteiger partial charge in [0.1, 0.15) is 6.61 Å². The Bertz CT molecular complexity index is 405. The highest BCUT2D eigenvalue weighted by atomic mass is 32.1. The van der Waals surface area contributed by atoms with Gasteiger partial charge in [0.25, 0.3) is 0 Å². The maximum Gasteiger partial charge on any atom is 0.329 e. The molecule has 0 aliphatic carbocycles. The Kier molecular flexibility index (Phi) is 5.05. The number of carboxylic acid groups (broad SMARTS) is 1. The second-order valence-corrected chi connectivity index (χ2v) is 4.11. The van der Waals surface area contributed by atoms with E-state index in [-0.39, 0.29) is 19.1 Å². The van der Waals surface area contributed by atoms with Crippen molar-refractivity contribution in [2.24, 2.45) is 0 Å². The number of hydrogen-bond acceptors (Lipinski definition) is 5. The number of thiazole rings is 1. The Morgan fingerprint density at radius 1 is 1.59 bits per heavy atom. The average molecular weight is 258 g/mol. The number of amides is 1. The van der Waals surface area contributed by atoms with Gasteiger partial charge < -0.3 is 9.84 Å². The highest BCUT2D eigenvalue weighted by molar-refractivity contribution is 7.14. The lowest BCUT2D eigenvalue weighted by molar-refractivity contribution is -0.142. The molecule has 1 amide bonds. The molecule has 7 heteroatoms. The van der Waals surface area contributed by atoms with Crippen molar-refractivity contribution in [1.29, 1.82) is 0 Å². The molecule has 1 N–H and O–H groups in total. The van der Waals surface area contributed by atoms with E-state index in [0.717, 1.165) is 0 Å². The van der Waals surface area contributed by atoms with Crippen LogP contribution in [0.1, 0.15) is 19.5 Å². The van der Waals surface area contributed by atoms with Crippen LogP contribution in [0, 0.1) is 0 Å². The van der Waals surface area contributed by atoms with Gasteiger partial charge in [0, 0.05) is 18.8 Å². The SMILES string of the molecule is CCN(C(C)=O)c1nc(COCC(=O)O)cs1. The average Bonchev–Trinajstić information content (AvgIpc) is 2.66. The van der Waals surface area contributed by atoms with Gasteiger partial charge >= 0.3 is 5.97 Å². The van der Waals surface area contributed by atoms with Gasteiger partial charge in [0.2, 0.25) is 5.91 Å². The first-order valence-electron chi connectivity index (χ1n) is 5.06. The van der Waals surface area contributed by atoms with E-state index in [1.807, 2.05) is 6.92 Å². The van der Waals surface area contributed by atoms with E-state index in [1.54, 1.807) is 10.3 Å². The monoisotopic (exact) mass is 258 g/mol. The van der Waals surface area contributed by atoms with Crippen molar-refractivity contribution in [1.82, 2.24) is 4.98 Å². The highest BCUT2D eigenvalue weighted by Gasteiger charge is 2.13. The molecule has 1 heterocycles. The predicted octanol–water partition coefficient (Wildman–Crippen LogP) is 1.12. The molecule has 0 atom stereocenters. The summed E-state index contributed by atoms with van der Waals surface area (Å²) in [5.74, 6) is -1.08. The van der Waals surface area contributed by atoms with Crippen molar-refractivity contribution in [3.05, 3.63) is 11.1 Å². The molecular formula is C10H14N2O4S. The van der Waals surface area contributed by atoms with Crippen LogP contribution in [0.5, 0.6) is 0 Å². The summed E-state index contributed by atoms with van der Waals surface area (Å²) < 4.78 is 4.91. The summed E-state index contributed by atoms with van der Waals surface area (Å²) in [6.07, 6.45) is 0. The largest absolute Gasteiger partial charge is 0.480 e. The lowest BCUT2D eigenvalue weighted by atomic mass is 10.5. The van der Waals surface area contributed by atoms with E-state index in [9.17, 15) is 9.59 Å². The predicted molar refractivity (Wildman–Crippen MR) is 63.1 cm³/mol. The van der Waals surface area contributed by atoms with Gasteiger partial charge in [0.05, 0.1) is 12.3 Å². The Morgan fingerprint density at radius 3 is 2.82 bits per heavy atom. The molecule has 17 heavy (non-hydrogen) atoms. The van der Waals surface area contributed by atoms with Crippen LogP contribution < -0.4 is 4.90 Å². The Labute approximate surface area is 103 Å². The van der Waals surface area contributed by atoms with E-state index in [4.69, 9.17) is 9.84 Å². The smallest absolute Gasteiger partial charge is 0.329 e. The van der Waals surface area contributed by atoms with Gasteiger partial charge in [-0.05, 0) is 6.92 Å². The minimum Gasteiger partial charge on any atom is -0.480 e. The first kappa shape index (κ1) is 13.6. The third kappa shape index (κ3) is 4.12. The van der Waals surface area contributed by atoms with E-state index >= 15 is 0 Å². The summed E-state index contributed by atoms with van der Waals surface area (Å²) in [6.45, 7) is 3.68. The second-order valence-electron chi connectivity index (χ2n) is 3.27. The van der Waals surface area contributed by atoms with Crippen LogP contribution in [-0.4, -0.2) is 35.1 Å². The molecular weight excluding hydrogens is 244 g/mol. The lowest BCUT2D eigenvalue weighted by Gasteiger charge is -2.14. The third-order valence-electron chi connectivity index (χ3n) is 1.94. The minimum atomic E-state index is -1.01. The van der Waals surface area contributed by atoms with Gasteiger partial charge in [-0.1, -0.05) is 0 Å². The van der Waals surface area contributed by atoms with Crippen LogP contribution in [0.25, 0.3) is 0 Å². The molecule has 0 saturated heterocycles. The molecule has 94 valence electrons. The summed E-state index contributed by atoms with van der Waals surface area (Å²) >= 11 is 1.34. The molecule has 1 aromatic rings. The molecule has 0 aromatic carbocycles. The van der Waals surface area contributed by atoms with Gasteiger partial charge in [-0.25, -0.2) is 9.78 Å². The van der Waals surface area contributed by atoms with Crippen molar-refractivity contribution in [2.75, 3.05) is 18.1 Å².